The van der Waals surface area contributed by atoms with E-state index in [1.807, 2.05) is 13.1 Å². The van der Waals surface area contributed by atoms with Crippen LogP contribution in [0.15, 0.2) is 21.8 Å². The zero-order valence-electron chi connectivity index (χ0n) is 10.2. The smallest absolute Gasteiger partial charge is 0.193 e. The molecule has 5 nitrogen and oxygen atoms in total. The van der Waals surface area contributed by atoms with Crippen LogP contribution in [-0.4, -0.2) is 36.2 Å². The van der Waals surface area contributed by atoms with Gasteiger partial charge in [0.2, 0.25) is 0 Å². The number of rotatable bonds is 3. The van der Waals surface area contributed by atoms with Crippen molar-refractivity contribution in [2.45, 2.75) is 31.8 Å². The van der Waals surface area contributed by atoms with E-state index in [-0.39, 0.29) is 24.0 Å². The minimum absolute atomic E-state index is 0. The Balaban J connectivity index is 0.00000144. The van der Waals surface area contributed by atoms with Gasteiger partial charge < -0.3 is 14.7 Å². The average Bonchev–Trinajstić information content (AvgIpc) is 2.69. The molecular formula is C11H19IN4O. The summed E-state index contributed by atoms with van der Waals surface area (Å²) in [6, 6.07) is 2.46. The van der Waals surface area contributed by atoms with E-state index in [9.17, 15) is 0 Å². The monoisotopic (exact) mass is 350 g/mol. The topological polar surface area (TPSA) is 53.7 Å². The van der Waals surface area contributed by atoms with Crippen LogP contribution in [0, 0.1) is 0 Å². The Kier molecular flexibility index (Phi) is 5.73. The number of halogens is 1. The summed E-state index contributed by atoms with van der Waals surface area (Å²) in [6.07, 6.45) is 5.40. The number of aliphatic imine (C=N–C) groups is 1. The summed E-state index contributed by atoms with van der Waals surface area (Å²) < 4.78 is 4.81. The molecular weight excluding hydrogens is 331 g/mol. The lowest BCUT2D eigenvalue weighted by Crippen LogP contribution is -2.46. The number of nitrogens with zero attached hydrogens (tertiary/aromatic N) is 3. The van der Waals surface area contributed by atoms with Gasteiger partial charge in [0, 0.05) is 26.2 Å². The minimum atomic E-state index is 0. The predicted octanol–water partition coefficient (Wildman–Crippen LogP) is 1.85. The molecule has 1 heterocycles. The normalized spacial score (nSPS) is 16.0. The van der Waals surface area contributed by atoms with Gasteiger partial charge in [-0.2, -0.15) is 0 Å². The molecule has 0 amide bonds. The summed E-state index contributed by atoms with van der Waals surface area (Å²) >= 11 is 0. The van der Waals surface area contributed by atoms with Gasteiger partial charge in [0.05, 0.1) is 6.54 Å². The van der Waals surface area contributed by atoms with Gasteiger partial charge in [-0.05, 0) is 19.3 Å². The lowest BCUT2D eigenvalue weighted by molar-refractivity contribution is 0.353. The molecule has 0 aliphatic heterocycles. The molecule has 0 aromatic carbocycles. The van der Waals surface area contributed by atoms with Crippen LogP contribution in [0.2, 0.25) is 0 Å². The summed E-state index contributed by atoms with van der Waals surface area (Å²) in [6.45, 7) is 0.711. The van der Waals surface area contributed by atoms with Gasteiger partial charge in [-0.15, -0.1) is 24.0 Å². The first kappa shape index (κ1) is 14.3. The van der Waals surface area contributed by atoms with E-state index in [0.717, 1.165) is 11.7 Å². The van der Waals surface area contributed by atoms with Gasteiger partial charge in [0.1, 0.15) is 12.0 Å². The Morgan fingerprint density at radius 3 is 2.88 bits per heavy atom. The van der Waals surface area contributed by atoms with Crippen molar-refractivity contribution in [2.75, 3.05) is 14.1 Å². The van der Waals surface area contributed by atoms with Gasteiger partial charge in [-0.3, -0.25) is 4.99 Å². The molecule has 96 valence electrons. The standard InChI is InChI=1S/C11H18N4O.HI/c1-12-11(13-9-4-3-5-9)15(2)8-10-6-7-16-14-10;/h6-7,9H,3-5,8H2,1-2H3,(H,12,13);1H. The van der Waals surface area contributed by atoms with Crippen molar-refractivity contribution in [3.8, 4) is 0 Å². The fraction of sp³-hybridized carbons (Fsp3) is 0.636. The van der Waals surface area contributed by atoms with E-state index in [0.29, 0.717) is 12.6 Å². The zero-order chi connectivity index (χ0) is 11.4. The summed E-state index contributed by atoms with van der Waals surface area (Å²) in [7, 11) is 3.81. The van der Waals surface area contributed by atoms with E-state index in [1.54, 1.807) is 13.3 Å². The quantitative estimate of drug-likeness (QED) is 0.514. The predicted molar refractivity (Wildman–Crippen MR) is 77.5 cm³/mol. The molecule has 1 N–H and O–H groups in total. The van der Waals surface area contributed by atoms with Crippen LogP contribution < -0.4 is 5.32 Å². The second kappa shape index (κ2) is 6.83. The average molecular weight is 350 g/mol. The fourth-order valence-corrected chi connectivity index (χ4v) is 1.72. The van der Waals surface area contributed by atoms with Crippen molar-refractivity contribution in [1.29, 1.82) is 0 Å². The molecule has 0 atom stereocenters. The van der Waals surface area contributed by atoms with Gasteiger partial charge in [0.25, 0.3) is 0 Å². The molecule has 1 aromatic rings. The molecule has 0 saturated heterocycles. The molecule has 6 heteroatoms. The van der Waals surface area contributed by atoms with Gasteiger partial charge in [0.15, 0.2) is 5.96 Å². The molecule has 0 spiro atoms. The van der Waals surface area contributed by atoms with Crippen molar-refractivity contribution in [3.05, 3.63) is 18.0 Å². The summed E-state index contributed by atoms with van der Waals surface area (Å²) in [5.41, 5.74) is 0.916. The van der Waals surface area contributed by atoms with Gasteiger partial charge >= 0.3 is 0 Å². The maximum atomic E-state index is 4.81. The molecule has 1 aliphatic carbocycles. The molecule has 1 aliphatic rings. The van der Waals surface area contributed by atoms with Crippen LogP contribution in [0.5, 0.6) is 0 Å². The lowest BCUT2D eigenvalue weighted by atomic mass is 9.93. The molecule has 1 saturated carbocycles. The molecule has 17 heavy (non-hydrogen) atoms. The Morgan fingerprint density at radius 1 is 1.65 bits per heavy atom. The first-order valence-corrected chi connectivity index (χ1v) is 5.63. The number of nitrogens with one attached hydrogen (secondary N) is 1. The maximum Gasteiger partial charge on any atom is 0.193 e. The molecule has 1 aromatic heterocycles. The molecule has 2 rings (SSSR count). The van der Waals surface area contributed by atoms with Crippen molar-refractivity contribution >= 4 is 29.9 Å². The van der Waals surface area contributed by atoms with Crippen molar-refractivity contribution in [3.63, 3.8) is 0 Å². The lowest BCUT2D eigenvalue weighted by Gasteiger charge is -2.31. The van der Waals surface area contributed by atoms with E-state index in [1.165, 1.54) is 19.3 Å². The molecule has 0 unspecified atom stereocenters. The van der Waals surface area contributed by atoms with Crippen LogP contribution >= 0.6 is 24.0 Å². The van der Waals surface area contributed by atoms with Crippen molar-refractivity contribution in [2.24, 2.45) is 4.99 Å². The van der Waals surface area contributed by atoms with E-state index >= 15 is 0 Å². The van der Waals surface area contributed by atoms with Crippen LogP contribution in [0.3, 0.4) is 0 Å². The van der Waals surface area contributed by atoms with Gasteiger partial charge in [-0.25, -0.2) is 0 Å². The van der Waals surface area contributed by atoms with Crippen LogP contribution in [-0.2, 0) is 6.54 Å². The molecule has 0 bridgehead atoms. The zero-order valence-corrected chi connectivity index (χ0v) is 12.5. The van der Waals surface area contributed by atoms with Crippen LogP contribution in [0.1, 0.15) is 25.0 Å². The second-order valence-electron chi connectivity index (χ2n) is 4.17. The SMILES string of the molecule is CN=C(NC1CCC1)N(C)Cc1ccon1.I. The third-order valence-electron chi connectivity index (χ3n) is 2.90. The van der Waals surface area contributed by atoms with Gasteiger partial charge in [-0.1, -0.05) is 5.16 Å². The van der Waals surface area contributed by atoms with Crippen LogP contribution in [0.4, 0.5) is 0 Å². The third kappa shape index (κ3) is 3.86. The minimum Gasteiger partial charge on any atom is -0.364 e. The molecule has 0 radical (unpaired) electrons. The number of hydrogen-bond acceptors (Lipinski definition) is 3. The number of hydrogen-bond donors (Lipinski definition) is 1. The van der Waals surface area contributed by atoms with Crippen molar-refractivity contribution in [1.82, 2.24) is 15.4 Å². The van der Waals surface area contributed by atoms with E-state index < -0.39 is 0 Å². The summed E-state index contributed by atoms with van der Waals surface area (Å²) in [4.78, 5) is 6.32. The van der Waals surface area contributed by atoms with Crippen molar-refractivity contribution < 1.29 is 4.52 Å². The number of aromatic nitrogens is 1. The largest absolute Gasteiger partial charge is 0.364 e. The van der Waals surface area contributed by atoms with E-state index in [2.05, 4.69) is 20.4 Å². The Bertz CT molecular complexity index is 348. The number of guanidine groups is 1. The summed E-state index contributed by atoms with van der Waals surface area (Å²) in [5.74, 6) is 0.924. The fourth-order valence-electron chi connectivity index (χ4n) is 1.72. The highest BCUT2D eigenvalue weighted by Gasteiger charge is 2.20. The Labute approximate surface area is 119 Å². The highest BCUT2D eigenvalue weighted by Crippen LogP contribution is 2.18. The highest BCUT2D eigenvalue weighted by molar-refractivity contribution is 14.0. The first-order valence-electron chi connectivity index (χ1n) is 5.63. The Hall–Kier alpha value is -0.790. The first-order chi connectivity index (χ1) is 7.79. The summed E-state index contributed by atoms with van der Waals surface area (Å²) in [5, 5.41) is 7.32. The second-order valence-corrected chi connectivity index (χ2v) is 4.17. The third-order valence-corrected chi connectivity index (χ3v) is 2.90. The maximum absolute atomic E-state index is 4.81. The van der Waals surface area contributed by atoms with E-state index in [4.69, 9.17) is 4.52 Å². The molecule has 1 fully saturated rings. The van der Waals surface area contributed by atoms with Crippen LogP contribution in [0.25, 0.3) is 0 Å². The Morgan fingerprint density at radius 2 is 2.41 bits per heavy atom. The highest BCUT2D eigenvalue weighted by atomic mass is 127.